The summed E-state index contributed by atoms with van der Waals surface area (Å²) in [6, 6.07) is 5.04. The Morgan fingerprint density at radius 1 is 1.47 bits per heavy atom. The lowest BCUT2D eigenvalue weighted by molar-refractivity contribution is 0.0749. The van der Waals surface area contributed by atoms with Crippen molar-refractivity contribution in [2.45, 2.75) is 25.9 Å². The number of likely N-dealkylation sites (N-methyl/N-ethyl adjacent to an activating group) is 1. The number of hydrogen-bond acceptors (Lipinski definition) is 3. The molecule has 0 heterocycles. The zero-order valence-electron chi connectivity index (χ0n) is 11.7. The molecule has 5 heteroatoms. The van der Waals surface area contributed by atoms with Crippen molar-refractivity contribution in [3.63, 3.8) is 0 Å². The van der Waals surface area contributed by atoms with Crippen molar-refractivity contribution in [1.82, 2.24) is 4.90 Å². The van der Waals surface area contributed by atoms with Crippen molar-refractivity contribution in [2.24, 2.45) is 5.73 Å². The van der Waals surface area contributed by atoms with Gasteiger partial charge >= 0.3 is 0 Å². The van der Waals surface area contributed by atoms with E-state index >= 15 is 0 Å². The Morgan fingerprint density at radius 3 is 2.63 bits per heavy atom. The third-order valence-electron chi connectivity index (χ3n) is 3.28. The lowest BCUT2D eigenvalue weighted by Crippen LogP contribution is -2.42. The van der Waals surface area contributed by atoms with Gasteiger partial charge in [-0.3, -0.25) is 4.90 Å². The van der Waals surface area contributed by atoms with Gasteiger partial charge in [0, 0.05) is 30.2 Å². The Bertz CT molecular complexity index is 403. The standard InChI is InChI=1S/C14H22BrFN2O/c1-4-18(10(2)9-19-3)14(8-17)12-6-5-11(16)7-13(12)15/h5-7,10,14H,4,8-9,17H2,1-3H3. The van der Waals surface area contributed by atoms with Crippen molar-refractivity contribution in [3.05, 3.63) is 34.1 Å². The lowest BCUT2D eigenvalue weighted by atomic mass is 10.0. The molecule has 2 N–H and O–H groups in total. The van der Waals surface area contributed by atoms with Crippen LogP contribution in [0.3, 0.4) is 0 Å². The minimum absolute atomic E-state index is 0.0464. The van der Waals surface area contributed by atoms with Gasteiger partial charge in [0.1, 0.15) is 5.82 Å². The van der Waals surface area contributed by atoms with Gasteiger partial charge in [-0.05, 0) is 31.2 Å². The third kappa shape index (κ3) is 4.24. The van der Waals surface area contributed by atoms with Crippen molar-refractivity contribution in [3.8, 4) is 0 Å². The molecule has 0 fully saturated rings. The van der Waals surface area contributed by atoms with Gasteiger partial charge in [0.15, 0.2) is 0 Å². The van der Waals surface area contributed by atoms with Crippen LogP contribution in [0.4, 0.5) is 4.39 Å². The molecule has 0 aliphatic carbocycles. The maximum Gasteiger partial charge on any atom is 0.124 e. The first kappa shape index (κ1) is 16.6. The van der Waals surface area contributed by atoms with Gasteiger partial charge in [-0.2, -0.15) is 0 Å². The predicted octanol–water partition coefficient (Wildman–Crippen LogP) is 2.94. The Balaban J connectivity index is 3.02. The molecule has 0 saturated carbocycles. The van der Waals surface area contributed by atoms with E-state index in [2.05, 4.69) is 34.7 Å². The molecule has 3 nitrogen and oxygen atoms in total. The zero-order valence-corrected chi connectivity index (χ0v) is 13.3. The molecule has 1 aromatic rings. The quantitative estimate of drug-likeness (QED) is 0.834. The number of nitrogens with two attached hydrogens (primary N) is 1. The number of hydrogen-bond donors (Lipinski definition) is 1. The maximum absolute atomic E-state index is 13.2. The van der Waals surface area contributed by atoms with E-state index in [0.29, 0.717) is 13.2 Å². The topological polar surface area (TPSA) is 38.5 Å². The number of methoxy groups -OCH3 is 1. The summed E-state index contributed by atoms with van der Waals surface area (Å²) in [6.45, 7) is 6.17. The van der Waals surface area contributed by atoms with Crippen LogP contribution in [0.25, 0.3) is 0 Å². The summed E-state index contributed by atoms with van der Waals surface area (Å²) in [5.41, 5.74) is 6.93. The van der Waals surface area contributed by atoms with Crippen LogP contribution in [0.1, 0.15) is 25.5 Å². The average Bonchev–Trinajstić information content (AvgIpc) is 2.37. The molecule has 0 spiro atoms. The SMILES string of the molecule is CCN(C(C)COC)C(CN)c1ccc(F)cc1Br. The molecule has 0 radical (unpaired) electrons. The van der Waals surface area contributed by atoms with Crippen molar-refractivity contribution >= 4 is 15.9 Å². The summed E-state index contributed by atoms with van der Waals surface area (Å²) in [7, 11) is 1.69. The fraction of sp³-hybridized carbons (Fsp3) is 0.571. The molecule has 0 aliphatic heterocycles. The van der Waals surface area contributed by atoms with Crippen molar-refractivity contribution < 1.29 is 9.13 Å². The summed E-state index contributed by atoms with van der Waals surface area (Å²) in [5.74, 6) is -0.251. The van der Waals surface area contributed by atoms with E-state index in [0.717, 1.165) is 16.6 Å². The third-order valence-corrected chi connectivity index (χ3v) is 3.97. The Kier molecular flexibility index (Phi) is 6.93. The smallest absolute Gasteiger partial charge is 0.124 e. The molecule has 0 saturated heterocycles. The van der Waals surface area contributed by atoms with Crippen LogP contribution >= 0.6 is 15.9 Å². The van der Waals surface area contributed by atoms with Crippen molar-refractivity contribution in [2.75, 3.05) is 26.8 Å². The summed E-state index contributed by atoms with van der Waals surface area (Å²) >= 11 is 3.42. The Morgan fingerprint density at radius 2 is 2.16 bits per heavy atom. The largest absolute Gasteiger partial charge is 0.383 e. The highest BCUT2D eigenvalue weighted by atomic mass is 79.9. The minimum atomic E-state index is -0.251. The number of nitrogens with zero attached hydrogens (tertiary/aromatic N) is 1. The maximum atomic E-state index is 13.2. The van der Waals surface area contributed by atoms with Gasteiger partial charge < -0.3 is 10.5 Å². The molecule has 108 valence electrons. The molecule has 0 aliphatic rings. The molecule has 0 aromatic heterocycles. The minimum Gasteiger partial charge on any atom is -0.383 e. The Hall–Kier alpha value is -0.490. The van der Waals surface area contributed by atoms with E-state index in [-0.39, 0.29) is 17.9 Å². The van der Waals surface area contributed by atoms with E-state index < -0.39 is 0 Å². The average molecular weight is 333 g/mol. The highest BCUT2D eigenvalue weighted by Crippen LogP contribution is 2.29. The molecule has 2 atom stereocenters. The molecule has 0 amide bonds. The lowest BCUT2D eigenvalue weighted by Gasteiger charge is -2.35. The molecular weight excluding hydrogens is 311 g/mol. The molecule has 1 rings (SSSR count). The van der Waals surface area contributed by atoms with Crippen LogP contribution in [0, 0.1) is 5.82 Å². The molecule has 1 aromatic carbocycles. The number of rotatable bonds is 7. The van der Waals surface area contributed by atoms with Gasteiger partial charge in [-0.25, -0.2) is 4.39 Å². The zero-order chi connectivity index (χ0) is 14.4. The monoisotopic (exact) mass is 332 g/mol. The highest BCUT2D eigenvalue weighted by Gasteiger charge is 2.24. The number of ether oxygens (including phenoxy) is 1. The first-order valence-corrected chi connectivity index (χ1v) is 7.24. The number of benzene rings is 1. The normalized spacial score (nSPS) is 14.7. The molecule has 0 bridgehead atoms. The second-order valence-electron chi connectivity index (χ2n) is 4.55. The van der Waals surface area contributed by atoms with Gasteiger partial charge in [0.05, 0.1) is 6.61 Å². The molecule has 2 unspecified atom stereocenters. The van der Waals surface area contributed by atoms with Gasteiger partial charge in [0.25, 0.3) is 0 Å². The van der Waals surface area contributed by atoms with Crippen molar-refractivity contribution in [1.29, 1.82) is 0 Å². The summed E-state index contributed by atoms with van der Waals surface area (Å²) in [6.07, 6.45) is 0. The summed E-state index contributed by atoms with van der Waals surface area (Å²) < 4.78 is 19.2. The van der Waals surface area contributed by atoms with E-state index in [1.165, 1.54) is 12.1 Å². The fourth-order valence-electron chi connectivity index (χ4n) is 2.39. The van der Waals surface area contributed by atoms with E-state index in [9.17, 15) is 4.39 Å². The van der Waals surface area contributed by atoms with Crippen LogP contribution in [0.15, 0.2) is 22.7 Å². The summed E-state index contributed by atoms with van der Waals surface area (Å²) in [4.78, 5) is 2.27. The summed E-state index contributed by atoms with van der Waals surface area (Å²) in [5, 5.41) is 0. The van der Waals surface area contributed by atoms with Gasteiger partial charge in [0.2, 0.25) is 0 Å². The van der Waals surface area contributed by atoms with Gasteiger partial charge in [-0.1, -0.05) is 28.9 Å². The molecular formula is C14H22BrFN2O. The van der Waals surface area contributed by atoms with E-state index in [1.807, 2.05) is 0 Å². The molecule has 19 heavy (non-hydrogen) atoms. The highest BCUT2D eigenvalue weighted by molar-refractivity contribution is 9.10. The van der Waals surface area contributed by atoms with Crippen LogP contribution in [0.5, 0.6) is 0 Å². The Labute approximate surface area is 123 Å². The van der Waals surface area contributed by atoms with Crippen LogP contribution in [-0.4, -0.2) is 37.7 Å². The van der Waals surface area contributed by atoms with Crippen LogP contribution in [0.2, 0.25) is 0 Å². The van der Waals surface area contributed by atoms with Crippen LogP contribution in [-0.2, 0) is 4.74 Å². The fourth-order valence-corrected chi connectivity index (χ4v) is 3.00. The van der Waals surface area contributed by atoms with Gasteiger partial charge in [-0.15, -0.1) is 0 Å². The second kappa shape index (κ2) is 7.94. The van der Waals surface area contributed by atoms with Crippen LogP contribution < -0.4 is 5.73 Å². The predicted molar refractivity (Wildman–Crippen MR) is 79.6 cm³/mol. The number of halogens is 2. The van der Waals surface area contributed by atoms with E-state index in [1.54, 1.807) is 13.2 Å². The second-order valence-corrected chi connectivity index (χ2v) is 5.41. The van der Waals surface area contributed by atoms with E-state index in [4.69, 9.17) is 10.5 Å². The first-order chi connectivity index (χ1) is 9.04. The first-order valence-electron chi connectivity index (χ1n) is 6.44.